The van der Waals surface area contributed by atoms with Crippen LogP contribution in [0.1, 0.15) is 37.7 Å². The minimum absolute atomic E-state index is 0.408. The second kappa shape index (κ2) is 5.29. The number of thiocarbonyl (C=S) groups is 1. The van der Waals surface area contributed by atoms with Gasteiger partial charge in [-0.05, 0) is 43.4 Å². The Bertz CT molecular complexity index is 503. The summed E-state index contributed by atoms with van der Waals surface area (Å²) >= 11 is 11.4. The maximum atomic E-state index is 6.43. The van der Waals surface area contributed by atoms with Crippen molar-refractivity contribution >= 4 is 34.5 Å². The molecule has 1 aliphatic carbocycles. The van der Waals surface area contributed by atoms with Gasteiger partial charge in [0.2, 0.25) is 0 Å². The van der Waals surface area contributed by atoms with Gasteiger partial charge in [-0.25, -0.2) is 0 Å². The van der Waals surface area contributed by atoms with Crippen molar-refractivity contribution in [2.24, 2.45) is 11.7 Å². The molecule has 102 valence electrons. The van der Waals surface area contributed by atoms with Crippen LogP contribution in [0, 0.1) is 5.92 Å². The Morgan fingerprint density at radius 1 is 1.26 bits per heavy atom. The van der Waals surface area contributed by atoms with E-state index < -0.39 is 0 Å². The molecule has 0 amide bonds. The van der Waals surface area contributed by atoms with E-state index >= 15 is 0 Å². The van der Waals surface area contributed by atoms with Crippen molar-refractivity contribution in [3.63, 3.8) is 0 Å². The fraction of sp³-hybridized carbons (Fsp3) is 0.533. The van der Waals surface area contributed by atoms with E-state index in [1.54, 1.807) is 0 Å². The first-order valence-electron chi connectivity index (χ1n) is 7.03. The van der Waals surface area contributed by atoms with Gasteiger partial charge in [0, 0.05) is 18.2 Å². The number of anilines is 1. The molecule has 1 aromatic carbocycles. The topological polar surface area (TPSA) is 29.3 Å². The molecule has 2 aliphatic rings. The van der Waals surface area contributed by atoms with Crippen LogP contribution in [0.3, 0.4) is 0 Å². The molecule has 0 aromatic heterocycles. The minimum atomic E-state index is 0.408. The van der Waals surface area contributed by atoms with E-state index in [1.165, 1.54) is 32.1 Å². The zero-order valence-corrected chi connectivity index (χ0v) is 12.5. The highest BCUT2D eigenvalue weighted by Gasteiger charge is 2.36. The summed E-state index contributed by atoms with van der Waals surface area (Å²) in [4.78, 5) is 2.90. The van der Waals surface area contributed by atoms with Crippen LogP contribution in [0.5, 0.6) is 0 Å². The Balaban J connectivity index is 1.88. The summed E-state index contributed by atoms with van der Waals surface area (Å²) in [6.45, 7) is 1.13. The van der Waals surface area contributed by atoms with Gasteiger partial charge in [0.15, 0.2) is 0 Å². The van der Waals surface area contributed by atoms with Crippen molar-refractivity contribution in [3.8, 4) is 0 Å². The third-order valence-corrected chi connectivity index (χ3v) is 5.09. The van der Waals surface area contributed by atoms with Crippen LogP contribution < -0.4 is 10.6 Å². The smallest absolute Gasteiger partial charge is 0.104 e. The lowest BCUT2D eigenvalue weighted by Gasteiger charge is -2.33. The van der Waals surface area contributed by atoms with Crippen LogP contribution in [0.25, 0.3) is 0 Å². The third kappa shape index (κ3) is 2.46. The van der Waals surface area contributed by atoms with Gasteiger partial charge < -0.3 is 10.6 Å². The summed E-state index contributed by atoms with van der Waals surface area (Å²) in [6, 6.07) is 6.64. The molecule has 3 rings (SSSR count). The van der Waals surface area contributed by atoms with Crippen molar-refractivity contribution in [2.75, 3.05) is 11.4 Å². The summed E-state index contributed by atoms with van der Waals surface area (Å²) in [7, 11) is 0. The molecule has 2 N–H and O–H groups in total. The molecule has 19 heavy (non-hydrogen) atoms. The van der Waals surface area contributed by atoms with Crippen molar-refractivity contribution in [1.82, 2.24) is 0 Å². The molecule has 2 unspecified atom stereocenters. The van der Waals surface area contributed by atoms with Gasteiger partial charge in [0.05, 0.1) is 10.7 Å². The lowest BCUT2D eigenvalue weighted by molar-refractivity contribution is 0.342. The molecule has 0 radical (unpaired) electrons. The average Bonchev–Trinajstić information content (AvgIpc) is 2.82. The van der Waals surface area contributed by atoms with Gasteiger partial charge in [0.1, 0.15) is 4.99 Å². The maximum Gasteiger partial charge on any atom is 0.104 e. The van der Waals surface area contributed by atoms with E-state index in [9.17, 15) is 0 Å². The Kier molecular flexibility index (Phi) is 3.68. The van der Waals surface area contributed by atoms with E-state index in [4.69, 9.17) is 29.6 Å². The Labute approximate surface area is 124 Å². The fourth-order valence-electron chi connectivity index (χ4n) is 3.60. The summed E-state index contributed by atoms with van der Waals surface area (Å²) in [5, 5.41) is 0.775. The number of hydrogen-bond donors (Lipinski definition) is 1. The normalized spacial score (nSPS) is 26.3. The first-order chi connectivity index (χ1) is 9.16. The zero-order valence-electron chi connectivity index (χ0n) is 10.9. The molecule has 1 aromatic rings. The van der Waals surface area contributed by atoms with Crippen molar-refractivity contribution in [1.29, 1.82) is 0 Å². The molecule has 0 bridgehead atoms. The molecular formula is C15H19ClN2S. The number of nitrogens with two attached hydrogens (primary N) is 1. The predicted octanol–water partition coefficient (Wildman–Crippen LogP) is 3.74. The third-order valence-electron chi connectivity index (χ3n) is 4.55. The number of fused-ring (bicyclic) bond motifs is 1. The van der Waals surface area contributed by atoms with Crippen LogP contribution in [0.4, 0.5) is 5.69 Å². The lowest BCUT2D eigenvalue weighted by Crippen LogP contribution is -2.34. The Morgan fingerprint density at radius 2 is 2.05 bits per heavy atom. The van der Waals surface area contributed by atoms with Crippen LogP contribution in [-0.4, -0.2) is 17.6 Å². The maximum absolute atomic E-state index is 6.43. The SMILES string of the molecule is NC(=S)c1ccc(N2CCC3CCCCC32)c(Cl)c1. The highest BCUT2D eigenvalue weighted by molar-refractivity contribution is 7.80. The van der Waals surface area contributed by atoms with Crippen LogP contribution in [-0.2, 0) is 0 Å². The van der Waals surface area contributed by atoms with Gasteiger partial charge in [-0.15, -0.1) is 0 Å². The number of hydrogen-bond acceptors (Lipinski definition) is 2. The molecule has 1 heterocycles. The summed E-state index contributed by atoms with van der Waals surface area (Å²) in [5.74, 6) is 0.861. The summed E-state index contributed by atoms with van der Waals surface area (Å²) in [6.07, 6.45) is 6.73. The van der Waals surface area contributed by atoms with Gasteiger partial charge in [0.25, 0.3) is 0 Å². The van der Waals surface area contributed by atoms with Crippen molar-refractivity contribution in [2.45, 2.75) is 38.1 Å². The fourth-order valence-corrected chi connectivity index (χ4v) is 4.01. The zero-order chi connectivity index (χ0) is 13.4. The second-order valence-corrected chi connectivity index (χ2v) is 6.47. The molecular weight excluding hydrogens is 276 g/mol. The highest BCUT2D eigenvalue weighted by atomic mass is 35.5. The molecule has 1 saturated heterocycles. The number of nitrogens with zero attached hydrogens (tertiary/aromatic N) is 1. The average molecular weight is 295 g/mol. The van der Waals surface area contributed by atoms with Crippen LogP contribution in [0.2, 0.25) is 5.02 Å². The van der Waals surface area contributed by atoms with Crippen molar-refractivity contribution < 1.29 is 0 Å². The van der Waals surface area contributed by atoms with Crippen molar-refractivity contribution in [3.05, 3.63) is 28.8 Å². The first kappa shape index (κ1) is 13.2. The van der Waals surface area contributed by atoms with Gasteiger partial charge in [-0.2, -0.15) is 0 Å². The van der Waals surface area contributed by atoms with E-state index in [-0.39, 0.29) is 0 Å². The molecule has 4 heteroatoms. The molecule has 1 saturated carbocycles. The summed E-state index contributed by atoms with van der Waals surface area (Å²) in [5.41, 5.74) is 7.65. The number of halogens is 1. The van der Waals surface area contributed by atoms with E-state index in [0.717, 1.165) is 28.7 Å². The predicted molar refractivity (Wildman–Crippen MR) is 85.0 cm³/mol. The minimum Gasteiger partial charge on any atom is -0.389 e. The molecule has 1 aliphatic heterocycles. The quantitative estimate of drug-likeness (QED) is 0.843. The molecule has 2 fully saturated rings. The van der Waals surface area contributed by atoms with E-state index in [2.05, 4.69) is 11.0 Å². The highest BCUT2D eigenvalue weighted by Crippen LogP contribution is 2.41. The Hall–Kier alpha value is -0.800. The van der Waals surface area contributed by atoms with E-state index in [0.29, 0.717) is 11.0 Å². The number of benzene rings is 1. The second-order valence-electron chi connectivity index (χ2n) is 5.62. The van der Waals surface area contributed by atoms with E-state index in [1.807, 2.05) is 12.1 Å². The monoisotopic (exact) mass is 294 g/mol. The van der Waals surface area contributed by atoms with Gasteiger partial charge in [-0.1, -0.05) is 36.7 Å². The lowest BCUT2D eigenvalue weighted by atomic mass is 9.85. The molecule has 2 nitrogen and oxygen atoms in total. The Morgan fingerprint density at radius 3 is 2.79 bits per heavy atom. The summed E-state index contributed by atoms with van der Waals surface area (Å²) < 4.78 is 0. The van der Waals surface area contributed by atoms with Crippen LogP contribution >= 0.6 is 23.8 Å². The molecule has 0 spiro atoms. The van der Waals surface area contributed by atoms with Gasteiger partial charge in [-0.3, -0.25) is 0 Å². The number of rotatable bonds is 2. The standard InChI is InChI=1S/C15H19ClN2S/c16-12-9-11(15(17)19)5-6-14(12)18-8-7-10-3-1-2-4-13(10)18/h5-6,9-10,13H,1-4,7-8H2,(H2,17,19). The first-order valence-corrected chi connectivity index (χ1v) is 7.81. The van der Waals surface area contributed by atoms with Crippen LogP contribution in [0.15, 0.2) is 18.2 Å². The van der Waals surface area contributed by atoms with Gasteiger partial charge >= 0.3 is 0 Å². The largest absolute Gasteiger partial charge is 0.389 e. The molecule has 2 atom stereocenters.